The molecule has 3 N–H and O–H groups in total. The van der Waals surface area contributed by atoms with Crippen molar-refractivity contribution in [2.24, 2.45) is 5.92 Å². The van der Waals surface area contributed by atoms with Crippen molar-refractivity contribution in [2.45, 2.75) is 12.8 Å². The van der Waals surface area contributed by atoms with Gasteiger partial charge in [0.1, 0.15) is 0 Å². The number of nitrogens with two attached hydrogens (primary N) is 1. The van der Waals surface area contributed by atoms with Crippen LogP contribution in [0.2, 0.25) is 0 Å². The van der Waals surface area contributed by atoms with Crippen molar-refractivity contribution in [1.82, 2.24) is 4.90 Å². The van der Waals surface area contributed by atoms with Crippen molar-refractivity contribution in [3.05, 3.63) is 29.8 Å². The van der Waals surface area contributed by atoms with Crippen LogP contribution in [-0.2, 0) is 0 Å². The lowest BCUT2D eigenvalue weighted by atomic mass is 9.90. The van der Waals surface area contributed by atoms with Crippen LogP contribution >= 0.6 is 0 Å². The Morgan fingerprint density at radius 1 is 1.28 bits per heavy atom. The van der Waals surface area contributed by atoms with Gasteiger partial charge in [0.2, 0.25) is 0 Å². The number of amides is 1. The summed E-state index contributed by atoms with van der Waals surface area (Å²) in [6, 6.07) is 6.75. The smallest absolute Gasteiger partial charge is 0.407 e. The zero-order valence-corrected chi connectivity index (χ0v) is 10.0. The fourth-order valence-electron chi connectivity index (χ4n) is 2.25. The molecule has 1 unspecified atom stereocenters. The van der Waals surface area contributed by atoms with E-state index in [1.807, 2.05) is 0 Å². The Bertz CT molecular complexity index is 456. The Morgan fingerprint density at radius 2 is 1.94 bits per heavy atom. The normalized spacial score (nSPS) is 19.6. The quantitative estimate of drug-likeness (QED) is 0.618. The van der Waals surface area contributed by atoms with E-state index in [-0.39, 0.29) is 11.7 Å². The molecule has 1 saturated heterocycles. The summed E-state index contributed by atoms with van der Waals surface area (Å²) in [4.78, 5) is 24.4. The van der Waals surface area contributed by atoms with Gasteiger partial charge in [-0.05, 0) is 37.1 Å². The van der Waals surface area contributed by atoms with Crippen molar-refractivity contribution in [3.8, 4) is 0 Å². The molecule has 0 aliphatic carbocycles. The number of carbonyl (C=O) groups excluding carboxylic acids is 1. The topological polar surface area (TPSA) is 83.6 Å². The number of carbonyl (C=O) groups is 2. The SMILES string of the molecule is Nc1ccc(C(=O)C2CCCN(C(=O)O)C2)cc1. The van der Waals surface area contributed by atoms with E-state index in [0.717, 1.165) is 12.8 Å². The van der Waals surface area contributed by atoms with Gasteiger partial charge in [-0.15, -0.1) is 0 Å². The average Bonchev–Trinajstić information content (AvgIpc) is 2.39. The Labute approximate surface area is 105 Å². The maximum atomic E-state index is 12.2. The van der Waals surface area contributed by atoms with Crippen molar-refractivity contribution < 1.29 is 14.7 Å². The first kappa shape index (κ1) is 12.4. The minimum atomic E-state index is -0.954. The minimum Gasteiger partial charge on any atom is -0.465 e. The van der Waals surface area contributed by atoms with Crippen LogP contribution in [0.25, 0.3) is 0 Å². The molecule has 1 heterocycles. The summed E-state index contributed by atoms with van der Waals surface area (Å²) in [5.74, 6) is -0.237. The van der Waals surface area contributed by atoms with Gasteiger partial charge in [0.25, 0.3) is 0 Å². The van der Waals surface area contributed by atoms with E-state index >= 15 is 0 Å². The molecule has 1 aliphatic rings. The number of carboxylic acid groups (broad SMARTS) is 1. The molecular formula is C13H16N2O3. The lowest BCUT2D eigenvalue weighted by molar-refractivity contribution is 0.0807. The lowest BCUT2D eigenvalue weighted by Gasteiger charge is -2.29. The number of ketones is 1. The van der Waals surface area contributed by atoms with Gasteiger partial charge in [-0.25, -0.2) is 4.79 Å². The predicted octanol–water partition coefficient (Wildman–Crippen LogP) is 1.84. The van der Waals surface area contributed by atoms with Gasteiger partial charge < -0.3 is 15.7 Å². The summed E-state index contributed by atoms with van der Waals surface area (Å²) in [6.45, 7) is 0.805. The van der Waals surface area contributed by atoms with E-state index in [0.29, 0.717) is 24.3 Å². The van der Waals surface area contributed by atoms with E-state index in [1.54, 1.807) is 24.3 Å². The standard InChI is InChI=1S/C13H16N2O3/c14-11-5-3-9(4-6-11)12(16)10-2-1-7-15(8-10)13(17)18/h3-6,10H,1-2,7-8,14H2,(H,17,18). The maximum Gasteiger partial charge on any atom is 0.407 e. The molecule has 0 radical (unpaired) electrons. The molecule has 2 rings (SSSR count). The number of benzene rings is 1. The number of hydrogen-bond acceptors (Lipinski definition) is 3. The van der Waals surface area contributed by atoms with E-state index in [4.69, 9.17) is 10.8 Å². The van der Waals surface area contributed by atoms with Gasteiger partial charge in [-0.3, -0.25) is 4.79 Å². The first-order chi connectivity index (χ1) is 8.58. The van der Waals surface area contributed by atoms with Crippen LogP contribution in [0, 0.1) is 5.92 Å². The molecule has 5 nitrogen and oxygen atoms in total. The molecule has 96 valence electrons. The van der Waals surface area contributed by atoms with Gasteiger partial charge in [0.15, 0.2) is 5.78 Å². The van der Waals surface area contributed by atoms with Crippen LogP contribution in [0.3, 0.4) is 0 Å². The number of nitrogen functional groups attached to an aromatic ring is 1. The van der Waals surface area contributed by atoms with Gasteiger partial charge in [0, 0.05) is 30.3 Å². The fraction of sp³-hybridized carbons (Fsp3) is 0.385. The summed E-state index contributed by atoms with van der Waals surface area (Å²) in [6.07, 6.45) is 0.523. The number of hydrogen-bond donors (Lipinski definition) is 2. The van der Waals surface area contributed by atoms with Gasteiger partial charge >= 0.3 is 6.09 Å². The summed E-state index contributed by atoms with van der Waals surface area (Å²) >= 11 is 0. The highest BCUT2D eigenvalue weighted by Gasteiger charge is 2.28. The van der Waals surface area contributed by atoms with Crippen LogP contribution in [0.5, 0.6) is 0 Å². The molecule has 1 aromatic carbocycles. The number of likely N-dealkylation sites (tertiary alicyclic amines) is 1. The van der Waals surface area contributed by atoms with Crippen LogP contribution in [0.1, 0.15) is 23.2 Å². The third-order valence-electron chi connectivity index (χ3n) is 3.26. The molecule has 18 heavy (non-hydrogen) atoms. The molecule has 1 aliphatic heterocycles. The average molecular weight is 248 g/mol. The molecule has 1 atom stereocenters. The first-order valence-electron chi connectivity index (χ1n) is 5.95. The molecule has 1 amide bonds. The summed E-state index contributed by atoms with van der Waals surface area (Å²) in [7, 11) is 0. The highest BCUT2D eigenvalue weighted by atomic mass is 16.4. The number of nitrogens with zero attached hydrogens (tertiary/aromatic N) is 1. The van der Waals surface area contributed by atoms with Gasteiger partial charge in [-0.1, -0.05) is 0 Å². The highest BCUT2D eigenvalue weighted by Crippen LogP contribution is 2.21. The van der Waals surface area contributed by atoms with Crippen molar-refractivity contribution in [1.29, 1.82) is 0 Å². The molecule has 0 saturated carbocycles. The number of piperidine rings is 1. The molecule has 0 spiro atoms. The lowest BCUT2D eigenvalue weighted by Crippen LogP contribution is -2.41. The third kappa shape index (κ3) is 2.61. The molecule has 0 bridgehead atoms. The summed E-state index contributed by atoms with van der Waals surface area (Å²) in [5, 5.41) is 8.94. The largest absolute Gasteiger partial charge is 0.465 e. The van der Waals surface area contributed by atoms with Crippen molar-refractivity contribution in [2.75, 3.05) is 18.8 Å². The Hall–Kier alpha value is -2.04. The van der Waals surface area contributed by atoms with Gasteiger partial charge in [0.05, 0.1) is 0 Å². The zero-order valence-electron chi connectivity index (χ0n) is 10.0. The van der Waals surface area contributed by atoms with Crippen molar-refractivity contribution >= 4 is 17.6 Å². The van der Waals surface area contributed by atoms with Crippen LogP contribution in [0.4, 0.5) is 10.5 Å². The number of Topliss-reactive ketones (excluding diaryl/α,β-unsaturated/α-hetero) is 1. The minimum absolute atomic E-state index is 0.000880. The van der Waals surface area contributed by atoms with E-state index in [9.17, 15) is 9.59 Å². The van der Waals surface area contributed by atoms with Crippen LogP contribution < -0.4 is 5.73 Å². The second-order valence-corrected chi connectivity index (χ2v) is 4.55. The number of anilines is 1. The first-order valence-corrected chi connectivity index (χ1v) is 5.95. The second-order valence-electron chi connectivity index (χ2n) is 4.55. The fourth-order valence-corrected chi connectivity index (χ4v) is 2.25. The van der Waals surface area contributed by atoms with Gasteiger partial charge in [-0.2, -0.15) is 0 Å². The van der Waals surface area contributed by atoms with E-state index < -0.39 is 6.09 Å². The number of rotatable bonds is 2. The molecule has 1 fully saturated rings. The third-order valence-corrected chi connectivity index (χ3v) is 3.26. The molecule has 5 heteroatoms. The monoisotopic (exact) mass is 248 g/mol. The van der Waals surface area contributed by atoms with E-state index in [2.05, 4.69) is 0 Å². The van der Waals surface area contributed by atoms with Crippen molar-refractivity contribution in [3.63, 3.8) is 0 Å². The van der Waals surface area contributed by atoms with E-state index in [1.165, 1.54) is 4.90 Å². The highest BCUT2D eigenvalue weighted by molar-refractivity contribution is 5.98. The summed E-state index contributed by atoms with van der Waals surface area (Å²) < 4.78 is 0. The summed E-state index contributed by atoms with van der Waals surface area (Å²) in [5.41, 5.74) is 6.78. The maximum absolute atomic E-state index is 12.2. The Morgan fingerprint density at radius 3 is 2.56 bits per heavy atom. The Kier molecular flexibility index (Phi) is 3.50. The molecule has 1 aromatic rings. The Balaban J connectivity index is 2.09. The second kappa shape index (κ2) is 5.08. The molecular weight excluding hydrogens is 232 g/mol. The molecule has 0 aromatic heterocycles. The van der Waals surface area contributed by atoms with Crippen LogP contribution in [-0.4, -0.2) is 35.0 Å². The predicted molar refractivity (Wildman–Crippen MR) is 67.5 cm³/mol. The zero-order chi connectivity index (χ0) is 13.1. The van der Waals surface area contributed by atoms with Crippen LogP contribution in [0.15, 0.2) is 24.3 Å².